The molecule has 2 atom stereocenters. The molecule has 1 aromatic carbocycles. The van der Waals surface area contributed by atoms with Crippen LogP contribution in [0.5, 0.6) is 17.2 Å². The zero-order valence-electron chi connectivity index (χ0n) is 12.1. The second-order valence-corrected chi connectivity index (χ2v) is 5.61. The van der Waals surface area contributed by atoms with Gasteiger partial charge in [0.2, 0.25) is 5.75 Å². The van der Waals surface area contributed by atoms with Crippen LogP contribution in [0.1, 0.15) is 32.4 Å². The van der Waals surface area contributed by atoms with Gasteiger partial charge < -0.3 is 25.4 Å². The molecule has 0 radical (unpaired) electrons. The van der Waals surface area contributed by atoms with Gasteiger partial charge in [-0.3, -0.25) is 0 Å². The first kappa shape index (κ1) is 15.6. The van der Waals surface area contributed by atoms with Gasteiger partial charge in [-0.25, -0.2) is 0 Å². The molecule has 0 spiro atoms. The SMILES string of the molecule is COc1cc([C@@H](N)[C@@H](O)C(C)(C)C)cc(OC)c1O. The highest BCUT2D eigenvalue weighted by Gasteiger charge is 2.30. The summed E-state index contributed by atoms with van der Waals surface area (Å²) in [6.45, 7) is 5.73. The van der Waals surface area contributed by atoms with Gasteiger partial charge in [0.1, 0.15) is 0 Å². The fourth-order valence-corrected chi connectivity index (χ4v) is 1.83. The Kier molecular flexibility index (Phi) is 4.66. The van der Waals surface area contributed by atoms with E-state index in [9.17, 15) is 10.2 Å². The van der Waals surface area contributed by atoms with Gasteiger partial charge in [0.15, 0.2) is 11.5 Å². The minimum atomic E-state index is -0.730. The molecule has 0 aliphatic heterocycles. The predicted molar refractivity (Wildman–Crippen MR) is 73.6 cm³/mol. The fourth-order valence-electron chi connectivity index (χ4n) is 1.83. The molecule has 5 heteroatoms. The van der Waals surface area contributed by atoms with Gasteiger partial charge >= 0.3 is 0 Å². The summed E-state index contributed by atoms with van der Waals surface area (Å²) in [5.41, 5.74) is 6.38. The predicted octanol–water partition coefficient (Wildman–Crippen LogP) is 1.82. The first-order chi connectivity index (χ1) is 8.72. The summed E-state index contributed by atoms with van der Waals surface area (Å²) in [7, 11) is 2.90. The largest absolute Gasteiger partial charge is 0.502 e. The van der Waals surface area contributed by atoms with Crippen LogP contribution in [-0.4, -0.2) is 30.5 Å². The maximum absolute atomic E-state index is 10.2. The second-order valence-electron chi connectivity index (χ2n) is 5.61. The van der Waals surface area contributed by atoms with Crippen molar-refractivity contribution >= 4 is 0 Å². The van der Waals surface area contributed by atoms with Crippen molar-refractivity contribution in [2.75, 3.05) is 14.2 Å². The van der Waals surface area contributed by atoms with E-state index >= 15 is 0 Å². The molecule has 0 unspecified atom stereocenters. The number of aliphatic hydroxyl groups is 1. The summed E-state index contributed by atoms with van der Waals surface area (Å²) in [6.07, 6.45) is -0.730. The number of hydrogen-bond acceptors (Lipinski definition) is 5. The number of nitrogens with two attached hydrogens (primary N) is 1. The number of phenols is 1. The summed E-state index contributed by atoms with van der Waals surface area (Å²) < 4.78 is 10.2. The van der Waals surface area contributed by atoms with Crippen molar-refractivity contribution in [2.24, 2.45) is 11.1 Å². The van der Waals surface area contributed by atoms with Crippen LogP contribution in [0.3, 0.4) is 0 Å². The van der Waals surface area contributed by atoms with E-state index in [2.05, 4.69) is 0 Å². The van der Waals surface area contributed by atoms with E-state index in [0.29, 0.717) is 5.56 Å². The van der Waals surface area contributed by atoms with Gasteiger partial charge in [-0.2, -0.15) is 0 Å². The monoisotopic (exact) mass is 269 g/mol. The van der Waals surface area contributed by atoms with Crippen molar-refractivity contribution < 1.29 is 19.7 Å². The first-order valence-corrected chi connectivity index (χ1v) is 6.11. The minimum Gasteiger partial charge on any atom is -0.502 e. The lowest BCUT2D eigenvalue weighted by Crippen LogP contribution is -2.36. The van der Waals surface area contributed by atoms with Gasteiger partial charge in [0.05, 0.1) is 26.4 Å². The Balaban J connectivity index is 3.20. The Morgan fingerprint density at radius 1 is 1.11 bits per heavy atom. The molecule has 108 valence electrons. The Labute approximate surface area is 114 Å². The van der Waals surface area contributed by atoms with Crippen LogP contribution in [-0.2, 0) is 0 Å². The molecule has 0 saturated heterocycles. The highest BCUT2D eigenvalue weighted by molar-refractivity contribution is 5.53. The molecule has 0 amide bonds. The maximum Gasteiger partial charge on any atom is 0.200 e. The summed E-state index contributed by atoms with van der Waals surface area (Å²) in [4.78, 5) is 0. The number of phenolic OH excluding ortho intramolecular Hbond substituents is 1. The van der Waals surface area contributed by atoms with Crippen molar-refractivity contribution in [3.8, 4) is 17.2 Å². The summed E-state index contributed by atoms with van der Waals surface area (Å²) in [5, 5.41) is 20.1. The number of aromatic hydroxyl groups is 1. The Hall–Kier alpha value is -1.46. The van der Waals surface area contributed by atoms with E-state index < -0.39 is 12.1 Å². The second kappa shape index (κ2) is 5.67. The number of benzene rings is 1. The Bertz CT molecular complexity index is 415. The van der Waals surface area contributed by atoms with Crippen LogP contribution in [0.15, 0.2) is 12.1 Å². The topological polar surface area (TPSA) is 84.9 Å². The Morgan fingerprint density at radius 3 is 1.84 bits per heavy atom. The maximum atomic E-state index is 10.2. The Morgan fingerprint density at radius 2 is 1.53 bits per heavy atom. The molecule has 4 N–H and O–H groups in total. The summed E-state index contributed by atoms with van der Waals surface area (Å²) in [5.74, 6) is 0.461. The number of hydrogen-bond donors (Lipinski definition) is 3. The average molecular weight is 269 g/mol. The molecule has 0 saturated carbocycles. The molecule has 0 aromatic heterocycles. The molecule has 0 aliphatic carbocycles. The first-order valence-electron chi connectivity index (χ1n) is 6.11. The van der Waals surface area contributed by atoms with Crippen LogP contribution in [0.25, 0.3) is 0 Å². The third kappa shape index (κ3) is 3.30. The molecule has 5 nitrogen and oxygen atoms in total. The van der Waals surface area contributed by atoms with Crippen molar-refractivity contribution in [1.29, 1.82) is 0 Å². The van der Waals surface area contributed by atoms with Gasteiger partial charge in [0, 0.05) is 0 Å². The van der Waals surface area contributed by atoms with Crippen LogP contribution in [0, 0.1) is 5.41 Å². The molecule has 0 fully saturated rings. The quantitative estimate of drug-likeness (QED) is 0.776. The molecular formula is C14H23NO4. The van der Waals surface area contributed by atoms with Crippen LogP contribution < -0.4 is 15.2 Å². The minimum absolute atomic E-state index is 0.0776. The normalized spacial score (nSPS) is 14.9. The van der Waals surface area contributed by atoms with E-state index in [4.69, 9.17) is 15.2 Å². The van der Waals surface area contributed by atoms with E-state index in [1.54, 1.807) is 12.1 Å². The van der Waals surface area contributed by atoms with E-state index in [0.717, 1.165) is 0 Å². The average Bonchev–Trinajstić information content (AvgIpc) is 2.36. The van der Waals surface area contributed by atoms with E-state index in [1.165, 1.54) is 14.2 Å². The standard InChI is InChI=1S/C14H23NO4/c1-14(2,3)13(17)11(15)8-6-9(18-4)12(16)10(7-8)19-5/h6-7,11,13,16-17H,15H2,1-5H3/t11-,13-/m1/s1. The highest BCUT2D eigenvalue weighted by Crippen LogP contribution is 2.40. The zero-order valence-corrected chi connectivity index (χ0v) is 12.1. The number of aliphatic hydroxyl groups excluding tert-OH is 1. The lowest BCUT2D eigenvalue weighted by atomic mass is 9.82. The van der Waals surface area contributed by atoms with Crippen LogP contribution >= 0.6 is 0 Å². The van der Waals surface area contributed by atoms with Gasteiger partial charge in [-0.1, -0.05) is 20.8 Å². The number of methoxy groups -OCH3 is 2. The molecule has 1 aromatic rings. The van der Waals surface area contributed by atoms with Crippen molar-refractivity contribution in [3.05, 3.63) is 17.7 Å². The van der Waals surface area contributed by atoms with Crippen molar-refractivity contribution in [2.45, 2.75) is 32.9 Å². The molecule has 19 heavy (non-hydrogen) atoms. The van der Waals surface area contributed by atoms with Crippen molar-refractivity contribution in [1.82, 2.24) is 0 Å². The third-order valence-corrected chi connectivity index (χ3v) is 3.11. The molecule has 0 bridgehead atoms. The highest BCUT2D eigenvalue weighted by atomic mass is 16.5. The molecule has 0 aliphatic rings. The summed E-state index contributed by atoms with van der Waals surface area (Å²) in [6, 6.07) is 2.62. The lowest BCUT2D eigenvalue weighted by Gasteiger charge is -2.31. The van der Waals surface area contributed by atoms with Crippen molar-refractivity contribution in [3.63, 3.8) is 0 Å². The fraction of sp³-hybridized carbons (Fsp3) is 0.571. The lowest BCUT2D eigenvalue weighted by molar-refractivity contribution is 0.0400. The zero-order chi connectivity index (χ0) is 14.8. The molecule has 1 rings (SSSR count). The summed E-state index contributed by atoms with van der Waals surface area (Å²) >= 11 is 0. The van der Waals surface area contributed by atoms with Crippen LogP contribution in [0.4, 0.5) is 0 Å². The number of ether oxygens (including phenoxy) is 2. The third-order valence-electron chi connectivity index (χ3n) is 3.11. The van der Waals surface area contributed by atoms with E-state index in [1.807, 2.05) is 20.8 Å². The van der Waals surface area contributed by atoms with Crippen LogP contribution in [0.2, 0.25) is 0 Å². The molecular weight excluding hydrogens is 246 g/mol. The smallest absolute Gasteiger partial charge is 0.200 e. The van der Waals surface area contributed by atoms with Gasteiger partial charge in [0.25, 0.3) is 0 Å². The van der Waals surface area contributed by atoms with Gasteiger partial charge in [-0.15, -0.1) is 0 Å². The molecule has 0 heterocycles. The number of rotatable bonds is 4. The van der Waals surface area contributed by atoms with E-state index in [-0.39, 0.29) is 22.7 Å². The van der Waals surface area contributed by atoms with Gasteiger partial charge in [-0.05, 0) is 23.1 Å².